The Morgan fingerprint density at radius 1 is 1.48 bits per heavy atom. The number of carboxylic acids is 1. The van der Waals surface area contributed by atoms with E-state index in [1.165, 1.54) is 0 Å². The molecule has 112 valence electrons. The second-order valence-electron chi connectivity index (χ2n) is 5.12. The maximum absolute atomic E-state index is 11.4. The monoisotopic (exact) mass is 353 g/mol. The first-order valence-electron chi connectivity index (χ1n) is 6.69. The standard InChI is InChI=1S/C14H16BrN3O3/c1-21-9-4-2-8(3-5-9)12-6-11(14(19)20)17-13-10(15)7-16-18(12)13/h2-5,7,10-13,17H,6H2,1H3,(H,19,20). The van der Waals surface area contributed by atoms with Crippen LogP contribution in [0.2, 0.25) is 0 Å². The van der Waals surface area contributed by atoms with Gasteiger partial charge in [-0.3, -0.25) is 15.1 Å². The molecule has 1 fully saturated rings. The molecule has 4 unspecified atom stereocenters. The van der Waals surface area contributed by atoms with Crippen LogP contribution < -0.4 is 10.1 Å². The molecule has 0 aromatic heterocycles. The Bertz CT molecular complexity index is 563. The van der Waals surface area contributed by atoms with E-state index in [1.54, 1.807) is 13.3 Å². The first-order chi connectivity index (χ1) is 10.1. The minimum absolute atomic E-state index is 0.000369. The summed E-state index contributed by atoms with van der Waals surface area (Å²) < 4.78 is 5.16. The summed E-state index contributed by atoms with van der Waals surface area (Å²) in [6.45, 7) is 0. The number of hydrazone groups is 1. The third kappa shape index (κ3) is 2.63. The van der Waals surface area contributed by atoms with Crippen LogP contribution in [0.15, 0.2) is 29.4 Å². The van der Waals surface area contributed by atoms with Crippen LogP contribution in [0.25, 0.3) is 0 Å². The molecule has 0 saturated carbocycles. The highest BCUT2D eigenvalue weighted by molar-refractivity contribution is 9.10. The quantitative estimate of drug-likeness (QED) is 0.807. The van der Waals surface area contributed by atoms with Crippen LogP contribution in [0.5, 0.6) is 5.75 Å². The van der Waals surface area contributed by atoms with E-state index in [4.69, 9.17) is 4.74 Å². The number of hydrogen-bond donors (Lipinski definition) is 2. The number of aliphatic carboxylic acids is 1. The van der Waals surface area contributed by atoms with E-state index in [2.05, 4.69) is 26.3 Å². The number of methoxy groups -OCH3 is 1. The maximum Gasteiger partial charge on any atom is 0.320 e. The number of fused-ring (bicyclic) bond motifs is 1. The fourth-order valence-electron chi connectivity index (χ4n) is 2.77. The van der Waals surface area contributed by atoms with E-state index in [0.29, 0.717) is 6.42 Å². The van der Waals surface area contributed by atoms with Crippen LogP contribution in [0.3, 0.4) is 0 Å². The Kier molecular flexibility index (Phi) is 3.86. The third-order valence-electron chi connectivity index (χ3n) is 3.88. The topological polar surface area (TPSA) is 74.2 Å². The molecule has 0 amide bonds. The van der Waals surface area contributed by atoms with Crippen molar-refractivity contribution in [1.29, 1.82) is 0 Å². The van der Waals surface area contributed by atoms with Gasteiger partial charge in [-0.15, -0.1) is 0 Å². The Labute approximate surface area is 130 Å². The van der Waals surface area contributed by atoms with E-state index >= 15 is 0 Å². The van der Waals surface area contributed by atoms with Crippen molar-refractivity contribution in [1.82, 2.24) is 10.3 Å². The molecule has 0 bridgehead atoms. The summed E-state index contributed by atoms with van der Waals surface area (Å²) in [5.41, 5.74) is 1.03. The van der Waals surface area contributed by atoms with Gasteiger partial charge in [0.25, 0.3) is 0 Å². The lowest BCUT2D eigenvalue weighted by Crippen LogP contribution is -2.58. The lowest BCUT2D eigenvalue weighted by Gasteiger charge is -2.41. The predicted molar refractivity (Wildman–Crippen MR) is 81.7 cm³/mol. The number of carboxylic acid groups (broad SMARTS) is 1. The molecule has 1 aromatic carbocycles. The number of alkyl halides is 1. The van der Waals surface area contributed by atoms with Gasteiger partial charge < -0.3 is 9.84 Å². The van der Waals surface area contributed by atoms with Crippen molar-refractivity contribution in [3.63, 3.8) is 0 Å². The van der Waals surface area contributed by atoms with E-state index in [-0.39, 0.29) is 17.0 Å². The Morgan fingerprint density at radius 3 is 2.81 bits per heavy atom. The second kappa shape index (κ2) is 5.65. The minimum Gasteiger partial charge on any atom is -0.497 e. The van der Waals surface area contributed by atoms with Crippen LogP contribution in [0.1, 0.15) is 18.0 Å². The Balaban J connectivity index is 1.90. The van der Waals surface area contributed by atoms with E-state index in [0.717, 1.165) is 11.3 Å². The average molecular weight is 354 g/mol. The maximum atomic E-state index is 11.4. The molecule has 1 saturated heterocycles. The minimum atomic E-state index is -0.834. The third-order valence-corrected chi connectivity index (χ3v) is 4.62. The molecule has 21 heavy (non-hydrogen) atoms. The van der Waals surface area contributed by atoms with Crippen LogP contribution >= 0.6 is 15.9 Å². The summed E-state index contributed by atoms with van der Waals surface area (Å²) in [5, 5.41) is 18.8. The highest BCUT2D eigenvalue weighted by Crippen LogP contribution is 2.36. The fourth-order valence-corrected chi connectivity index (χ4v) is 3.28. The number of nitrogens with zero attached hydrogens (tertiary/aromatic N) is 2. The Morgan fingerprint density at radius 2 is 2.19 bits per heavy atom. The van der Waals surface area contributed by atoms with Crippen molar-refractivity contribution in [2.75, 3.05) is 7.11 Å². The smallest absolute Gasteiger partial charge is 0.320 e. The van der Waals surface area contributed by atoms with Gasteiger partial charge in [0.05, 0.1) is 18.0 Å². The lowest BCUT2D eigenvalue weighted by atomic mass is 9.95. The van der Waals surface area contributed by atoms with Gasteiger partial charge in [0.2, 0.25) is 0 Å². The first kappa shape index (κ1) is 14.3. The number of halogens is 1. The van der Waals surface area contributed by atoms with Crippen molar-refractivity contribution in [2.45, 2.75) is 29.5 Å². The van der Waals surface area contributed by atoms with Gasteiger partial charge >= 0.3 is 5.97 Å². The van der Waals surface area contributed by atoms with Crippen molar-refractivity contribution in [2.24, 2.45) is 5.10 Å². The van der Waals surface area contributed by atoms with E-state index < -0.39 is 12.0 Å². The van der Waals surface area contributed by atoms with Gasteiger partial charge in [0, 0.05) is 6.21 Å². The molecular weight excluding hydrogens is 338 g/mol. The van der Waals surface area contributed by atoms with Gasteiger partial charge in [-0.2, -0.15) is 5.10 Å². The second-order valence-corrected chi connectivity index (χ2v) is 6.17. The molecule has 0 radical (unpaired) electrons. The van der Waals surface area contributed by atoms with Crippen molar-refractivity contribution < 1.29 is 14.6 Å². The molecule has 6 nitrogen and oxygen atoms in total. The van der Waals surface area contributed by atoms with Crippen LogP contribution in [0.4, 0.5) is 0 Å². The van der Waals surface area contributed by atoms with Gasteiger partial charge in [0.1, 0.15) is 18.0 Å². The highest BCUT2D eigenvalue weighted by Gasteiger charge is 2.43. The summed E-state index contributed by atoms with van der Waals surface area (Å²) in [4.78, 5) is 11.4. The van der Waals surface area contributed by atoms with Crippen molar-refractivity contribution >= 4 is 28.1 Å². The largest absolute Gasteiger partial charge is 0.497 e. The van der Waals surface area contributed by atoms with Crippen molar-refractivity contribution in [3.05, 3.63) is 29.8 Å². The molecule has 0 spiro atoms. The van der Waals surface area contributed by atoms with Crippen LogP contribution in [0, 0.1) is 0 Å². The molecule has 4 atom stereocenters. The van der Waals surface area contributed by atoms with E-state index in [1.807, 2.05) is 29.3 Å². The van der Waals surface area contributed by atoms with Gasteiger partial charge in [-0.1, -0.05) is 28.1 Å². The SMILES string of the molecule is COc1ccc(C2CC(C(=O)O)NC3C(Br)C=NN23)cc1. The number of rotatable bonds is 3. The molecule has 2 heterocycles. The Hall–Kier alpha value is -1.60. The molecule has 3 rings (SSSR count). The van der Waals surface area contributed by atoms with Gasteiger partial charge in [0.15, 0.2) is 0 Å². The number of carbonyl (C=O) groups is 1. The zero-order chi connectivity index (χ0) is 15.0. The lowest BCUT2D eigenvalue weighted by molar-refractivity contribution is -0.142. The summed E-state index contributed by atoms with van der Waals surface area (Å²) in [6, 6.07) is 7.03. The summed E-state index contributed by atoms with van der Waals surface area (Å²) in [5.74, 6) is -0.0536. The number of hydrogen-bond acceptors (Lipinski definition) is 5. The summed E-state index contributed by atoms with van der Waals surface area (Å²) >= 11 is 3.51. The predicted octanol–water partition coefficient (Wildman–Crippen LogP) is 1.57. The zero-order valence-electron chi connectivity index (χ0n) is 11.4. The molecule has 0 aliphatic carbocycles. The summed E-state index contributed by atoms with van der Waals surface area (Å²) in [7, 11) is 1.62. The first-order valence-corrected chi connectivity index (χ1v) is 7.61. The molecule has 1 aromatic rings. The number of benzene rings is 1. The van der Waals surface area contributed by atoms with Gasteiger partial charge in [-0.05, 0) is 24.1 Å². The fraction of sp³-hybridized carbons (Fsp3) is 0.429. The number of ether oxygens (including phenoxy) is 1. The van der Waals surface area contributed by atoms with E-state index in [9.17, 15) is 9.90 Å². The zero-order valence-corrected chi connectivity index (χ0v) is 13.0. The highest BCUT2D eigenvalue weighted by atomic mass is 79.9. The molecule has 7 heteroatoms. The normalized spacial score (nSPS) is 31.0. The summed E-state index contributed by atoms with van der Waals surface area (Å²) in [6.07, 6.45) is 2.11. The number of nitrogens with one attached hydrogen (secondary N) is 1. The molecule has 2 aliphatic heterocycles. The average Bonchev–Trinajstić information content (AvgIpc) is 2.88. The molecular formula is C14H16BrN3O3. The van der Waals surface area contributed by atoms with Gasteiger partial charge in [-0.25, -0.2) is 0 Å². The van der Waals surface area contributed by atoms with Crippen LogP contribution in [-0.4, -0.2) is 46.4 Å². The van der Waals surface area contributed by atoms with Crippen LogP contribution in [-0.2, 0) is 4.79 Å². The molecule has 2 aliphatic rings. The van der Waals surface area contributed by atoms with Crippen molar-refractivity contribution in [3.8, 4) is 5.75 Å². The molecule has 2 N–H and O–H groups in total.